The number of piperidine rings is 1. The molecule has 1 fully saturated rings. The van der Waals surface area contributed by atoms with Crippen LogP contribution in [0.1, 0.15) is 49.4 Å². The summed E-state index contributed by atoms with van der Waals surface area (Å²) in [5.74, 6) is -0.0354. The number of halogens is 3. The molecule has 2 heterocycles. The lowest BCUT2D eigenvalue weighted by Crippen LogP contribution is -2.60. The van der Waals surface area contributed by atoms with Crippen molar-refractivity contribution in [1.82, 2.24) is 15.3 Å². The van der Waals surface area contributed by atoms with E-state index in [2.05, 4.69) is 15.3 Å². The summed E-state index contributed by atoms with van der Waals surface area (Å²) in [6.45, 7) is 0.392. The first-order valence-electron chi connectivity index (χ1n) is 10.2. The predicted octanol–water partition coefficient (Wildman–Crippen LogP) is 2.12. The number of nitrogen functional groups attached to an aromatic ring is 1. The topological polar surface area (TPSA) is 154 Å². The number of carbonyl (C=O) groups excluding carboxylic acids is 1. The zero-order chi connectivity index (χ0) is 24.2. The Hall–Kier alpha value is -3.43. The van der Waals surface area contributed by atoms with E-state index in [1.54, 1.807) is 4.90 Å². The van der Waals surface area contributed by atoms with Gasteiger partial charge in [0.1, 0.15) is 23.8 Å². The molecule has 3 rings (SSSR count). The summed E-state index contributed by atoms with van der Waals surface area (Å²) < 4.78 is 38.5. The summed E-state index contributed by atoms with van der Waals surface area (Å²) in [6, 6.07) is 5.70. The summed E-state index contributed by atoms with van der Waals surface area (Å²) >= 11 is 0. The highest BCUT2D eigenvalue weighted by atomic mass is 19.4. The number of aromatic nitrogens is 2. The van der Waals surface area contributed by atoms with E-state index >= 15 is 0 Å². The van der Waals surface area contributed by atoms with Gasteiger partial charge < -0.3 is 26.8 Å². The fourth-order valence-corrected chi connectivity index (χ4v) is 3.74. The summed E-state index contributed by atoms with van der Waals surface area (Å²) in [7, 11) is 0. The van der Waals surface area contributed by atoms with Gasteiger partial charge in [-0.3, -0.25) is 4.79 Å². The number of hydrogen-bond donors (Lipinski definition) is 4. The summed E-state index contributed by atoms with van der Waals surface area (Å²) in [5.41, 5.74) is 10.7. The molecule has 0 unspecified atom stereocenters. The number of carbonyl (C=O) groups is 1. The minimum atomic E-state index is -4.47. The molecule has 1 aliphatic rings. The molecule has 1 aromatic heterocycles. The molecule has 0 radical (unpaired) electrons. The highest BCUT2D eigenvalue weighted by Crippen LogP contribution is 2.31. The number of nitrogens with one attached hydrogen (secondary N) is 1. The first-order chi connectivity index (χ1) is 15.6. The SMILES string of the molecule is C.N#Cc1c(N)ncnc1N1CCC(N)(C(=O)N[C@@H](CCO)c2ccc(C(F)(F)F)cc2)CC1. The Bertz CT molecular complexity index is 1030. The first kappa shape index (κ1) is 26.8. The van der Waals surface area contributed by atoms with Gasteiger partial charge in [0.15, 0.2) is 5.82 Å². The molecule has 9 nitrogen and oxygen atoms in total. The molecule has 1 atom stereocenters. The molecule has 6 N–H and O–H groups in total. The van der Waals surface area contributed by atoms with Gasteiger partial charge in [-0.25, -0.2) is 9.97 Å². The van der Waals surface area contributed by atoms with E-state index in [9.17, 15) is 28.3 Å². The molecule has 0 bridgehead atoms. The molecule has 1 aromatic carbocycles. The minimum Gasteiger partial charge on any atom is -0.396 e. The Morgan fingerprint density at radius 2 is 1.88 bits per heavy atom. The maximum absolute atomic E-state index is 13.0. The molecule has 1 saturated heterocycles. The van der Waals surface area contributed by atoms with Gasteiger partial charge in [-0.05, 0) is 37.0 Å². The molecule has 1 amide bonds. The molecule has 2 aromatic rings. The van der Waals surface area contributed by atoms with Crippen molar-refractivity contribution >= 4 is 17.5 Å². The maximum Gasteiger partial charge on any atom is 0.416 e. The second kappa shape index (κ2) is 10.7. The van der Waals surface area contributed by atoms with E-state index in [1.807, 2.05) is 6.07 Å². The third kappa shape index (κ3) is 5.73. The van der Waals surface area contributed by atoms with Gasteiger partial charge in [-0.1, -0.05) is 19.6 Å². The lowest BCUT2D eigenvalue weighted by Gasteiger charge is -2.39. The van der Waals surface area contributed by atoms with Crippen LogP contribution in [-0.4, -0.2) is 46.2 Å². The zero-order valence-corrected chi connectivity index (χ0v) is 17.6. The van der Waals surface area contributed by atoms with Crippen molar-refractivity contribution in [2.75, 3.05) is 30.3 Å². The zero-order valence-electron chi connectivity index (χ0n) is 17.6. The van der Waals surface area contributed by atoms with E-state index in [4.69, 9.17) is 11.5 Å². The quantitative estimate of drug-likeness (QED) is 0.491. The molecule has 0 aliphatic carbocycles. The van der Waals surface area contributed by atoms with E-state index in [0.717, 1.165) is 12.1 Å². The van der Waals surface area contributed by atoms with Crippen LogP contribution in [0.2, 0.25) is 0 Å². The van der Waals surface area contributed by atoms with Crippen LogP contribution >= 0.6 is 0 Å². The van der Waals surface area contributed by atoms with Crippen LogP contribution in [0.5, 0.6) is 0 Å². The number of aliphatic hydroxyl groups is 1. The van der Waals surface area contributed by atoms with Gasteiger partial charge in [0.2, 0.25) is 5.91 Å². The van der Waals surface area contributed by atoms with Crippen molar-refractivity contribution in [2.24, 2.45) is 5.73 Å². The van der Waals surface area contributed by atoms with E-state index in [0.29, 0.717) is 24.5 Å². The van der Waals surface area contributed by atoms with Crippen LogP contribution in [0, 0.1) is 11.3 Å². The van der Waals surface area contributed by atoms with Crippen molar-refractivity contribution in [3.8, 4) is 6.07 Å². The highest BCUT2D eigenvalue weighted by Gasteiger charge is 2.39. The van der Waals surface area contributed by atoms with Crippen molar-refractivity contribution in [2.45, 2.75) is 44.4 Å². The Morgan fingerprint density at radius 1 is 1.26 bits per heavy atom. The van der Waals surface area contributed by atoms with Gasteiger partial charge in [-0.2, -0.15) is 18.4 Å². The van der Waals surface area contributed by atoms with Crippen LogP contribution in [0.3, 0.4) is 0 Å². The van der Waals surface area contributed by atoms with Crippen molar-refractivity contribution in [3.05, 3.63) is 47.3 Å². The third-order valence-electron chi connectivity index (χ3n) is 5.74. The lowest BCUT2D eigenvalue weighted by atomic mass is 9.86. The van der Waals surface area contributed by atoms with Gasteiger partial charge in [0.05, 0.1) is 17.1 Å². The van der Waals surface area contributed by atoms with Gasteiger partial charge in [0, 0.05) is 19.7 Å². The van der Waals surface area contributed by atoms with Crippen LogP contribution in [-0.2, 0) is 11.0 Å². The van der Waals surface area contributed by atoms with Crippen LogP contribution in [0.25, 0.3) is 0 Å². The predicted molar refractivity (Wildman–Crippen MR) is 120 cm³/mol. The number of alkyl halides is 3. The number of nitrogens with two attached hydrogens (primary N) is 2. The number of benzene rings is 1. The Morgan fingerprint density at radius 3 is 2.41 bits per heavy atom. The maximum atomic E-state index is 13.0. The molecule has 34 heavy (non-hydrogen) atoms. The van der Waals surface area contributed by atoms with Gasteiger partial charge in [-0.15, -0.1) is 0 Å². The van der Waals surface area contributed by atoms with Crippen LogP contribution in [0.4, 0.5) is 24.8 Å². The fourth-order valence-electron chi connectivity index (χ4n) is 3.74. The van der Waals surface area contributed by atoms with Crippen molar-refractivity contribution in [1.29, 1.82) is 5.26 Å². The first-order valence-corrected chi connectivity index (χ1v) is 10.2. The normalized spacial score (nSPS) is 16.2. The van der Waals surface area contributed by atoms with E-state index in [-0.39, 0.29) is 44.7 Å². The van der Waals surface area contributed by atoms with E-state index < -0.39 is 29.2 Å². The molecule has 0 saturated carbocycles. The molecular weight excluding hydrogens is 451 g/mol. The Kier molecular flexibility index (Phi) is 8.41. The number of aliphatic hydroxyl groups excluding tert-OH is 1. The van der Waals surface area contributed by atoms with Gasteiger partial charge >= 0.3 is 6.18 Å². The number of hydrogen-bond acceptors (Lipinski definition) is 8. The van der Waals surface area contributed by atoms with Crippen molar-refractivity contribution < 1.29 is 23.1 Å². The summed E-state index contributed by atoms with van der Waals surface area (Å²) in [4.78, 5) is 22.7. The molecular formula is C22H28F3N7O2. The van der Waals surface area contributed by atoms with Gasteiger partial charge in [0.25, 0.3) is 0 Å². The summed E-state index contributed by atoms with van der Waals surface area (Å²) in [5, 5.41) is 21.5. The smallest absolute Gasteiger partial charge is 0.396 e. The highest BCUT2D eigenvalue weighted by molar-refractivity contribution is 5.87. The molecule has 0 spiro atoms. The average molecular weight is 480 g/mol. The lowest BCUT2D eigenvalue weighted by molar-refractivity contribution is -0.137. The third-order valence-corrected chi connectivity index (χ3v) is 5.74. The summed E-state index contributed by atoms with van der Waals surface area (Å²) in [6.07, 6.45) is -2.61. The fraction of sp³-hybridized carbons (Fsp3) is 0.455. The number of rotatable bonds is 6. The van der Waals surface area contributed by atoms with Crippen LogP contribution < -0.4 is 21.7 Å². The molecule has 184 valence electrons. The number of nitriles is 1. The molecule has 12 heteroatoms. The number of nitrogens with zero attached hydrogens (tertiary/aromatic N) is 4. The minimum absolute atomic E-state index is 0. The Balaban J connectivity index is 0.00000408. The second-order valence-electron chi connectivity index (χ2n) is 7.87. The largest absolute Gasteiger partial charge is 0.416 e. The molecule has 1 aliphatic heterocycles. The Labute approximate surface area is 195 Å². The average Bonchev–Trinajstić information content (AvgIpc) is 2.78. The monoisotopic (exact) mass is 479 g/mol. The number of amides is 1. The second-order valence-corrected chi connectivity index (χ2v) is 7.87. The van der Waals surface area contributed by atoms with Crippen LogP contribution in [0.15, 0.2) is 30.6 Å². The van der Waals surface area contributed by atoms with Crippen molar-refractivity contribution in [3.63, 3.8) is 0 Å². The standard InChI is InChI=1S/C21H24F3N7O2.CH4/c22-21(23,24)14-3-1-13(2-4-14)16(5-10-32)30-19(33)20(27)6-8-31(9-7-20)18-15(11-25)17(26)28-12-29-18;/h1-4,12,16,32H,5-10,27H2,(H,30,33)(H2,26,28,29);1H4/t16-;/m0./s1. The number of anilines is 2. The van der Waals surface area contributed by atoms with E-state index in [1.165, 1.54) is 18.5 Å².